The van der Waals surface area contributed by atoms with Crippen LogP contribution in [0.15, 0.2) is 41.2 Å². The summed E-state index contributed by atoms with van der Waals surface area (Å²) in [5.41, 5.74) is 1.80. The Balaban J connectivity index is 1.64. The zero-order chi connectivity index (χ0) is 19.9. The number of H-pyrrole nitrogens is 1. The molecule has 2 heterocycles. The van der Waals surface area contributed by atoms with E-state index in [4.69, 9.17) is 4.74 Å². The first kappa shape index (κ1) is 19.8. The highest BCUT2D eigenvalue weighted by molar-refractivity contribution is 5.96. The number of aromatic nitrogens is 2. The summed E-state index contributed by atoms with van der Waals surface area (Å²) in [5, 5.41) is 8.98. The Labute approximate surface area is 162 Å². The molecule has 8 heteroatoms. The minimum absolute atomic E-state index is 0.132. The van der Waals surface area contributed by atoms with Crippen LogP contribution in [0.2, 0.25) is 0 Å². The first-order valence-electron chi connectivity index (χ1n) is 9.29. The Morgan fingerprint density at radius 1 is 1.18 bits per heavy atom. The highest BCUT2D eigenvalue weighted by Gasteiger charge is 2.33. The average molecular weight is 384 g/mol. The van der Waals surface area contributed by atoms with Gasteiger partial charge >= 0.3 is 0 Å². The number of hydrogen-bond donors (Lipinski definition) is 2. The van der Waals surface area contributed by atoms with Crippen molar-refractivity contribution in [2.75, 3.05) is 13.7 Å². The summed E-state index contributed by atoms with van der Waals surface area (Å²) >= 11 is 0. The summed E-state index contributed by atoms with van der Waals surface area (Å²) in [6, 6.07) is 9.92. The van der Waals surface area contributed by atoms with Crippen molar-refractivity contribution in [3.8, 4) is 0 Å². The Bertz CT molecular complexity index is 858. The molecule has 148 valence electrons. The van der Waals surface area contributed by atoms with Gasteiger partial charge in [0.1, 0.15) is 11.7 Å². The second kappa shape index (κ2) is 9.27. The van der Waals surface area contributed by atoms with Crippen molar-refractivity contribution in [3.05, 3.63) is 63.6 Å². The van der Waals surface area contributed by atoms with Crippen LogP contribution >= 0.6 is 0 Å². The largest absolute Gasteiger partial charge is 0.380 e. The summed E-state index contributed by atoms with van der Waals surface area (Å²) < 4.78 is 5.09. The number of methoxy groups -OCH3 is 1. The van der Waals surface area contributed by atoms with Gasteiger partial charge in [-0.25, -0.2) is 5.10 Å². The van der Waals surface area contributed by atoms with Gasteiger partial charge in [-0.2, -0.15) is 5.10 Å². The fourth-order valence-electron chi connectivity index (χ4n) is 3.28. The van der Waals surface area contributed by atoms with Crippen LogP contribution in [0.3, 0.4) is 0 Å². The maximum atomic E-state index is 12.7. The number of benzene rings is 1. The Morgan fingerprint density at radius 2 is 1.93 bits per heavy atom. The van der Waals surface area contributed by atoms with E-state index < -0.39 is 6.04 Å². The molecule has 2 aromatic rings. The smallest absolute Gasteiger partial charge is 0.274 e. The molecule has 2 N–H and O–H groups in total. The van der Waals surface area contributed by atoms with Crippen molar-refractivity contribution in [3.63, 3.8) is 0 Å². The van der Waals surface area contributed by atoms with Crippen LogP contribution in [0, 0.1) is 0 Å². The first-order valence-corrected chi connectivity index (χ1v) is 9.29. The normalized spacial score (nSPS) is 16.6. The quantitative estimate of drug-likeness (QED) is 0.779. The van der Waals surface area contributed by atoms with Gasteiger partial charge in [0.05, 0.1) is 6.61 Å². The zero-order valence-corrected chi connectivity index (χ0v) is 15.8. The first-order chi connectivity index (χ1) is 13.6. The van der Waals surface area contributed by atoms with E-state index in [2.05, 4.69) is 15.5 Å². The van der Waals surface area contributed by atoms with Gasteiger partial charge in [-0.1, -0.05) is 24.3 Å². The Morgan fingerprint density at radius 3 is 2.61 bits per heavy atom. The molecule has 2 amide bonds. The number of piperidine rings is 1. The molecule has 8 nitrogen and oxygen atoms in total. The van der Waals surface area contributed by atoms with E-state index in [9.17, 15) is 14.4 Å². The number of ether oxygens (including phenoxy) is 1. The lowest BCUT2D eigenvalue weighted by atomic mass is 10.0. The second-order valence-electron chi connectivity index (χ2n) is 6.78. The van der Waals surface area contributed by atoms with E-state index in [0.29, 0.717) is 26.1 Å². The molecule has 0 radical (unpaired) electrons. The van der Waals surface area contributed by atoms with Gasteiger partial charge in [-0.3, -0.25) is 14.4 Å². The molecule has 1 aliphatic rings. The van der Waals surface area contributed by atoms with Gasteiger partial charge in [0.15, 0.2) is 0 Å². The van der Waals surface area contributed by atoms with Gasteiger partial charge in [-0.15, -0.1) is 0 Å². The molecule has 28 heavy (non-hydrogen) atoms. The van der Waals surface area contributed by atoms with Crippen LogP contribution in [0.1, 0.15) is 40.9 Å². The molecule has 1 atom stereocenters. The fraction of sp³-hybridized carbons (Fsp3) is 0.400. The Kier molecular flexibility index (Phi) is 6.54. The van der Waals surface area contributed by atoms with Crippen molar-refractivity contribution >= 4 is 11.8 Å². The summed E-state index contributed by atoms with van der Waals surface area (Å²) in [7, 11) is 1.65. The van der Waals surface area contributed by atoms with Crippen LogP contribution in [0.4, 0.5) is 0 Å². The van der Waals surface area contributed by atoms with E-state index in [0.717, 1.165) is 24.0 Å². The van der Waals surface area contributed by atoms with E-state index >= 15 is 0 Å². The summed E-state index contributed by atoms with van der Waals surface area (Å²) in [5.74, 6) is -0.529. The average Bonchev–Trinajstić information content (AvgIpc) is 2.73. The van der Waals surface area contributed by atoms with Crippen LogP contribution in [0.25, 0.3) is 0 Å². The third kappa shape index (κ3) is 4.83. The summed E-state index contributed by atoms with van der Waals surface area (Å²) in [6.07, 6.45) is 2.32. The summed E-state index contributed by atoms with van der Waals surface area (Å²) in [6.45, 7) is 1.43. The molecule has 1 fully saturated rings. The standard InChI is InChI=1S/C20H24N4O4/c1-28-13-15-7-5-14(6-8-15)12-21-19(26)17-4-2-3-11-24(17)20(27)16-9-10-18(25)23-22-16/h5-10,17H,2-4,11-13H2,1H3,(H,21,26)(H,23,25). The third-order valence-electron chi connectivity index (χ3n) is 4.77. The topological polar surface area (TPSA) is 104 Å². The van der Waals surface area contributed by atoms with Crippen molar-refractivity contribution in [1.82, 2.24) is 20.4 Å². The van der Waals surface area contributed by atoms with Gasteiger partial charge < -0.3 is 15.0 Å². The van der Waals surface area contributed by atoms with E-state index in [1.54, 1.807) is 12.0 Å². The van der Waals surface area contributed by atoms with Gasteiger partial charge in [0, 0.05) is 26.3 Å². The van der Waals surface area contributed by atoms with Crippen molar-refractivity contribution in [1.29, 1.82) is 0 Å². The van der Waals surface area contributed by atoms with Crippen molar-refractivity contribution in [2.24, 2.45) is 0 Å². The number of hydrogen-bond acceptors (Lipinski definition) is 5. The van der Waals surface area contributed by atoms with Crippen LogP contribution in [0.5, 0.6) is 0 Å². The maximum Gasteiger partial charge on any atom is 0.274 e. The summed E-state index contributed by atoms with van der Waals surface area (Å²) in [4.78, 5) is 38.2. The van der Waals surface area contributed by atoms with Gasteiger partial charge in [0.25, 0.3) is 11.5 Å². The number of aromatic amines is 1. The lowest BCUT2D eigenvalue weighted by Gasteiger charge is -2.34. The lowest BCUT2D eigenvalue weighted by Crippen LogP contribution is -2.52. The van der Waals surface area contributed by atoms with Crippen molar-refractivity contribution < 1.29 is 14.3 Å². The number of nitrogens with zero attached hydrogens (tertiary/aromatic N) is 2. The number of rotatable bonds is 6. The van der Waals surface area contributed by atoms with Crippen LogP contribution in [-0.2, 0) is 22.7 Å². The molecule has 3 rings (SSSR count). The highest BCUT2D eigenvalue weighted by Crippen LogP contribution is 2.19. The van der Waals surface area contributed by atoms with E-state index in [1.165, 1.54) is 12.1 Å². The zero-order valence-electron chi connectivity index (χ0n) is 15.8. The van der Waals surface area contributed by atoms with Gasteiger partial charge in [0.2, 0.25) is 5.91 Å². The minimum Gasteiger partial charge on any atom is -0.380 e. The number of carbonyl (C=O) groups is 2. The molecule has 0 spiro atoms. The molecule has 1 aromatic heterocycles. The van der Waals surface area contributed by atoms with Crippen molar-refractivity contribution in [2.45, 2.75) is 38.5 Å². The molecular weight excluding hydrogens is 360 g/mol. The van der Waals surface area contributed by atoms with E-state index in [-0.39, 0.29) is 23.1 Å². The third-order valence-corrected chi connectivity index (χ3v) is 4.77. The molecule has 1 aliphatic heterocycles. The minimum atomic E-state index is -0.539. The fourth-order valence-corrected chi connectivity index (χ4v) is 3.28. The molecule has 0 saturated carbocycles. The Hall–Kier alpha value is -3.00. The number of likely N-dealkylation sites (tertiary alicyclic amines) is 1. The molecule has 0 bridgehead atoms. The molecular formula is C20H24N4O4. The predicted octanol–water partition coefficient (Wildman–Crippen LogP) is 1.23. The number of carbonyl (C=O) groups excluding carboxylic acids is 2. The molecule has 1 unspecified atom stereocenters. The maximum absolute atomic E-state index is 12.7. The highest BCUT2D eigenvalue weighted by atomic mass is 16.5. The van der Waals surface area contributed by atoms with Crippen LogP contribution in [-0.4, -0.2) is 46.6 Å². The van der Waals surface area contributed by atoms with Gasteiger partial charge in [-0.05, 0) is 36.5 Å². The number of nitrogens with one attached hydrogen (secondary N) is 2. The second-order valence-corrected chi connectivity index (χ2v) is 6.78. The van der Waals surface area contributed by atoms with E-state index in [1.807, 2.05) is 24.3 Å². The van der Waals surface area contributed by atoms with Crippen LogP contribution < -0.4 is 10.9 Å². The monoisotopic (exact) mass is 384 g/mol. The lowest BCUT2D eigenvalue weighted by molar-refractivity contribution is -0.126. The number of amides is 2. The molecule has 0 aliphatic carbocycles. The molecule has 1 saturated heterocycles. The predicted molar refractivity (Wildman–Crippen MR) is 103 cm³/mol. The SMILES string of the molecule is COCc1ccc(CNC(=O)C2CCCCN2C(=O)c2ccc(=O)[nH]n2)cc1. The molecule has 1 aromatic carbocycles.